The van der Waals surface area contributed by atoms with Crippen LogP contribution in [0.15, 0.2) is 29.3 Å². The van der Waals surface area contributed by atoms with E-state index in [1.165, 1.54) is 48.9 Å². The fourth-order valence-electron chi connectivity index (χ4n) is 4.46. The molecule has 170 valence electrons. The Morgan fingerprint density at radius 1 is 1.16 bits per heavy atom. The number of anilines is 1. The second-order valence-electron chi connectivity index (χ2n) is 8.19. The van der Waals surface area contributed by atoms with Crippen molar-refractivity contribution in [1.29, 1.82) is 0 Å². The first-order valence-corrected chi connectivity index (χ1v) is 12.9. The minimum atomic E-state index is -4.80. The van der Waals surface area contributed by atoms with Crippen molar-refractivity contribution in [2.24, 2.45) is 10.9 Å². The topological polar surface area (TPSA) is 76.0 Å². The summed E-state index contributed by atoms with van der Waals surface area (Å²) in [5, 5.41) is 0.142. The molecule has 6 nitrogen and oxygen atoms in total. The molecule has 0 N–H and O–H groups in total. The van der Waals surface area contributed by atoms with Crippen molar-refractivity contribution >= 4 is 38.4 Å². The number of benzene rings is 1. The standard InChI is InChI=1S/C20H23F3N2O4S2/c21-20(22,23)29-15-8-6-14(7-9-15)25-16-11-31(27,28)12-17(16)30-19(25)24-18(26)10-5-13-3-1-2-4-13/h6-9,13,16-17H,1-5,10-12H2/t16-,17-/m0/s1. The number of sulfone groups is 1. The Bertz CT molecular complexity index is 958. The Labute approximate surface area is 183 Å². The first kappa shape index (κ1) is 22.4. The number of amidine groups is 1. The van der Waals surface area contributed by atoms with Crippen LogP contribution < -0.4 is 9.64 Å². The van der Waals surface area contributed by atoms with E-state index in [9.17, 15) is 26.4 Å². The monoisotopic (exact) mass is 476 g/mol. The van der Waals surface area contributed by atoms with Gasteiger partial charge in [-0.15, -0.1) is 13.2 Å². The maximum atomic E-state index is 12.5. The number of carbonyl (C=O) groups is 1. The summed E-state index contributed by atoms with van der Waals surface area (Å²) in [6.07, 6.45) is 1.01. The zero-order valence-corrected chi connectivity index (χ0v) is 18.3. The summed E-state index contributed by atoms with van der Waals surface area (Å²) in [6.45, 7) is 0. The van der Waals surface area contributed by atoms with Gasteiger partial charge in [-0.2, -0.15) is 4.99 Å². The van der Waals surface area contributed by atoms with Gasteiger partial charge in [0.2, 0.25) is 5.91 Å². The molecule has 31 heavy (non-hydrogen) atoms. The number of fused-ring (bicyclic) bond motifs is 1. The van der Waals surface area contributed by atoms with Crippen LogP contribution in [0.1, 0.15) is 38.5 Å². The van der Waals surface area contributed by atoms with Gasteiger partial charge in [0.05, 0.1) is 17.5 Å². The Morgan fingerprint density at radius 2 is 1.84 bits per heavy atom. The molecule has 2 heterocycles. The van der Waals surface area contributed by atoms with E-state index in [4.69, 9.17) is 0 Å². The second-order valence-corrected chi connectivity index (χ2v) is 11.5. The van der Waals surface area contributed by atoms with Crippen molar-refractivity contribution in [1.82, 2.24) is 0 Å². The van der Waals surface area contributed by atoms with Gasteiger partial charge in [-0.25, -0.2) is 8.42 Å². The third-order valence-corrected chi connectivity index (χ3v) is 9.09. The number of nitrogens with zero attached hydrogens (tertiary/aromatic N) is 2. The molecule has 1 aromatic carbocycles. The van der Waals surface area contributed by atoms with Crippen molar-refractivity contribution in [2.75, 3.05) is 16.4 Å². The predicted octanol–water partition coefficient (Wildman–Crippen LogP) is 4.16. The lowest BCUT2D eigenvalue weighted by atomic mass is 10.0. The second kappa shape index (κ2) is 8.65. The largest absolute Gasteiger partial charge is 0.573 e. The molecule has 2 aliphatic heterocycles. The molecule has 2 saturated heterocycles. The molecule has 0 spiro atoms. The van der Waals surface area contributed by atoms with Crippen LogP contribution in [0, 0.1) is 5.92 Å². The summed E-state index contributed by atoms with van der Waals surface area (Å²) in [5.74, 6) is -0.157. The zero-order chi connectivity index (χ0) is 22.2. The number of carbonyl (C=O) groups excluding carboxylic acids is 1. The van der Waals surface area contributed by atoms with E-state index in [1.807, 2.05) is 0 Å². The lowest BCUT2D eigenvalue weighted by molar-refractivity contribution is -0.274. The third kappa shape index (κ3) is 5.54. The van der Waals surface area contributed by atoms with E-state index in [0.29, 0.717) is 23.2 Å². The molecule has 0 radical (unpaired) electrons. The summed E-state index contributed by atoms with van der Waals surface area (Å²) in [7, 11) is -3.23. The summed E-state index contributed by atoms with van der Waals surface area (Å²) in [5.41, 5.74) is 0.481. The number of thioether (sulfide) groups is 1. The molecule has 11 heteroatoms. The first-order chi connectivity index (χ1) is 14.6. The molecule has 0 bridgehead atoms. The van der Waals surface area contributed by atoms with Gasteiger partial charge in [-0.1, -0.05) is 37.4 Å². The van der Waals surface area contributed by atoms with Gasteiger partial charge in [-0.05, 0) is 36.6 Å². The van der Waals surface area contributed by atoms with E-state index in [-0.39, 0.29) is 28.4 Å². The van der Waals surface area contributed by atoms with Crippen LogP contribution in [-0.2, 0) is 14.6 Å². The smallest absolute Gasteiger partial charge is 0.406 e. The van der Waals surface area contributed by atoms with Crippen LogP contribution in [0.4, 0.5) is 18.9 Å². The molecule has 0 aromatic heterocycles. The lowest BCUT2D eigenvalue weighted by Gasteiger charge is -2.24. The SMILES string of the molecule is O=C(CCC1CCCC1)N=C1S[C@H]2CS(=O)(=O)C[C@@H]2N1c1ccc(OC(F)(F)F)cc1. The Kier molecular flexibility index (Phi) is 6.26. The van der Waals surface area contributed by atoms with Gasteiger partial charge < -0.3 is 9.64 Å². The molecule has 1 saturated carbocycles. The van der Waals surface area contributed by atoms with Gasteiger partial charge >= 0.3 is 6.36 Å². The molecule has 1 amide bonds. The summed E-state index contributed by atoms with van der Waals surface area (Å²) in [6, 6.07) is 4.78. The normalized spacial score (nSPS) is 27.1. The number of aliphatic imine (C=N–C) groups is 1. The molecular weight excluding hydrogens is 453 g/mol. The molecule has 3 fully saturated rings. The maximum Gasteiger partial charge on any atom is 0.573 e. The number of hydrogen-bond donors (Lipinski definition) is 0. The Morgan fingerprint density at radius 3 is 2.48 bits per heavy atom. The Hall–Kier alpha value is -1.75. The third-order valence-electron chi connectivity index (χ3n) is 5.88. The average Bonchev–Trinajstić information content (AvgIpc) is 3.34. The number of alkyl halides is 3. The highest BCUT2D eigenvalue weighted by molar-refractivity contribution is 8.16. The van der Waals surface area contributed by atoms with E-state index >= 15 is 0 Å². The molecule has 1 aliphatic carbocycles. The number of hydrogen-bond acceptors (Lipinski definition) is 5. The van der Waals surface area contributed by atoms with Crippen LogP contribution in [0.3, 0.4) is 0 Å². The maximum absolute atomic E-state index is 12.5. The van der Waals surface area contributed by atoms with Gasteiger partial charge in [0.1, 0.15) is 5.75 Å². The van der Waals surface area contributed by atoms with E-state index < -0.39 is 22.2 Å². The van der Waals surface area contributed by atoms with Crippen molar-refractivity contribution < 1.29 is 31.1 Å². The Balaban J connectivity index is 1.54. The van der Waals surface area contributed by atoms with Crippen molar-refractivity contribution in [2.45, 2.75) is 56.2 Å². The number of ether oxygens (including phenoxy) is 1. The summed E-state index contributed by atoms with van der Waals surface area (Å²) >= 11 is 1.25. The highest BCUT2D eigenvalue weighted by atomic mass is 32.2. The van der Waals surface area contributed by atoms with Crippen LogP contribution in [0.5, 0.6) is 5.75 Å². The summed E-state index contributed by atoms with van der Waals surface area (Å²) < 4.78 is 65.4. The van der Waals surface area contributed by atoms with Gasteiger partial charge in [-0.3, -0.25) is 4.79 Å². The zero-order valence-electron chi connectivity index (χ0n) is 16.7. The molecule has 4 rings (SSSR count). The fourth-order valence-corrected chi connectivity index (χ4v) is 8.40. The minimum Gasteiger partial charge on any atom is -0.406 e. The van der Waals surface area contributed by atoms with E-state index in [1.54, 1.807) is 4.90 Å². The fraction of sp³-hybridized carbons (Fsp3) is 0.600. The molecule has 0 unspecified atom stereocenters. The lowest BCUT2D eigenvalue weighted by Crippen LogP contribution is -2.37. The van der Waals surface area contributed by atoms with Crippen molar-refractivity contribution in [3.63, 3.8) is 0 Å². The van der Waals surface area contributed by atoms with Crippen molar-refractivity contribution in [3.05, 3.63) is 24.3 Å². The number of halogens is 3. The molecule has 2 atom stereocenters. The first-order valence-electron chi connectivity index (χ1n) is 10.2. The highest BCUT2D eigenvalue weighted by Gasteiger charge is 2.49. The van der Waals surface area contributed by atoms with Crippen LogP contribution in [0.25, 0.3) is 0 Å². The van der Waals surface area contributed by atoms with E-state index in [2.05, 4.69) is 9.73 Å². The molecule has 1 aromatic rings. The van der Waals surface area contributed by atoms with Crippen LogP contribution in [-0.4, -0.2) is 48.7 Å². The average molecular weight is 477 g/mol. The number of rotatable bonds is 5. The predicted molar refractivity (Wildman–Crippen MR) is 113 cm³/mol. The van der Waals surface area contributed by atoms with Gasteiger partial charge in [0, 0.05) is 17.4 Å². The highest BCUT2D eigenvalue weighted by Crippen LogP contribution is 2.41. The minimum absolute atomic E-state index is 0.0105. The summed E-state index contributed by atoms with van der Waals surface area (Å²) in [4.78, 5) is 18.4. The van der Waals surface area contributed by atoms with Gasteiger partial charge in [0.25, 0.3) is 0 Å². The molecular formula is C20H23F3N2O4S2. The number of amides is 1. The molecule has 3 aliphatic rings. The van der Waals surface area contributed by atoms with Crippen LogP contribution in [0.2, 0.25) is 0 Å². The van der Waals surface area contributed by atoms with Gasteiger partial charge in [0.15, 0.2) is 15.0 Å². The van der Waals surface area contributed by atoms with Crippen LogP contribution >= 0.6 is 11.8 Å². The van der Waals surface area contributed by atoms with E-state index in [0.717, 1.165) is 19.3 Å². The quantitative estimate of drug-likeness (QED) is 0.635. The van der Waals surface area contributed by atoms with Crippen molar-refractivity contribution in [3.8, 4) is 5.75 Å².